The summed E-state index contributed by atoms with van der Waals surface area (Å²) in [6.07, 6.45) is 2.11. The Bertz CT molecular complexity index is 1170. The zero-order valence-corrected chi connectivity index (χ0v) is 14.5. The lowest BCUT2D eigenvalue weighted by molar-refractivity contribution is 0.0977. The van der Waals surface area contributed by atoms with Gasteiger partial charge in [-0.05, 0) is 18.2 Å². The third kappa shape index (κ3) is 4.17. The number of benzene rings is 2. The monoisotopic (exact) mass is 396 g/mol. The van der Waals surface area contributed by atoms with Gasteiger partial charge in [-0.1, -0.05) is 6.07 Å². The molecule has 27 heavy (non-hydrogen) atoms. The van der Waals surface area contributed by atoms with Gasteiger partial charge in [-0.15, -0.1) is 0 Å². The molecule has 0 aliphatic heterocycles. The number of halogens is 3. The first-order valence-corrected chi connectivity index (χ1v) is 9.26. The van der Waals surface area contributed by atoms with Crippen molar-refractivity contribution in [3.8, 4) is 11.5 Å². The lowest BCUT2D eigenvalue weighted by Crippen LogP contribution is -2.30. The van der Waals surface area contributed by atoms with Gasteiger partial charge in [0.05, 0.1) is 11.8 Å². The second-order valence-electron chi connectivity index (χ2n) is 5.55. The molecule has 3 rings (SSSR count). The van der Waals surface area contributed by atoms with Crippen molar-refractivity contribution in [1.29, 1.82) is 0 Å². The molecule has 0 aliphatic carbocycles. The Kier molecular flexibility index (Phi) is 4.75. The lowest BCUT2D eigenvalue weighted by atomic mass is 10.1. The minimum Gasteiger partial charge on any atom is -0.452 e. The molecule has 0 bridgehead atoms. The van der Waals surface area contributed by atoms with Crippen LogP contribution in [0.1, 0.15) is 10.4 Å². The molecule has 140 valence electrons. The molecule has 1 aromatic heterocycles. The smallest absolute Gasteiger partial charge is 0.267 e. The maximum Gasteiger partial charge on any atom is 0.267 e. The fourth-order valence-electron chi connectivity index (χ4n) is 2.32. The van der Waals surface area contributed by atoms with Gasteiger partial charge in [0.15, 0.2) is 17.3 Å². The van der Waals surface area contributed by atoms with E-state index in [2.05, 4.69) is 4.98 Å². The molecule has 0 saturated carbocycles. The highest BCUT2D eigenvalue weighted by Crippen LogP contribution is 2.32. The standard InChI is InChI=1S/C17H11F3N2O4S/c1-27(24,25)22-17(23)11-7-13(20)14(8-12(11)19)26-15-6-10(18)5-9-3-2-4-21-16(9)15/h2-8H,1H3,(H,22,23). The van der Waals surface area contributed by atoms with E-state index in [0.29, 0.717) is 23.8 Å². The molecule has 1 heterocycles. The van der Waals surface area contributed by atoms with E-state index in [0.717, 1.165) is 6.07 Å². The molecule has 6 nitrogen and oxygen atoms in total. The van der Waals surface area contributed by atoms with E-state index in [1.165, 1.54) is 17.0 Å². The molecule has 0 saturated heterocycles. The molecular weight excluding hydrogens is 385 g/mol. The van der Waals surface area contributed by atoms with E-state index < -0.39 is 44.7 Å². The molecule has 0 spiro atoms. The van der Waals surface area contributed by atoms with E-state index in [4.69, 9.17) is 4.74 Å². The molecule has 0 fully saturated rings. The summed E-state index contributed by atoms with van der Waals surface area (Å²) in [5.41, 5.74) is -0.606. The summed E-state index contributed by atoms with van der Waals surface area (Å²) in [6, 6.07) is 6.34. The second-order valence-corrected chi connectivity index (χ2v) is 7.30. The van der Waals surface area contributed by atoms with Gasteiger partial charge in [0.2, 0.25) is 10.0 Å². The zero-order valence-electron chi connectivity index (χ0n) is 13.7. The normalized spacial score (nSPS) is 11.4. The summed E-state index contributed by atoms with van der Waals surface area (Å²) < 4.78 is 71.1. The van der Waals surface area contributed by atoms with E-state index in [-0.39, 0.29) is 11.3 Å². The third-order valence-corrected chi connectivity index (χ3v) is 3.96. The number of aromatic nitrogens is 1. The Morgan fingerprint density at radius 1 is 1.07 bits per heavy atom. The average molecular weight is 396 g/mol. The summed E-state index contributed by atoms with van der Waals surface area (Å²) in [5, 5.41) is 0.387. The number of pyridine rings is 1. The third-order valence-electron chi connectivity index (χ3n) is 3.40. The van der Waals surface area contributed by atoms with Crippen LogP contribution in [0.3, 0.4) is 0 Å². The number of amides is 1. The van der Waals surface area contributed by atoms with Crippen molar-refractivity contribution in [2.24, 2.45) is 0 Å². The molecule has 0 radical (unpaired) electrons. The predicted octanol–water partition coefficient (Wildman–Crippen LogP) is 3.13. The molecule has 0 atom stereocenters. The van der Waals surface area contributed by atoms with Crippen LogP contribution in [0, 0.1) is 17.5 Å². The predicted molar refractivity (Wildman–Crippen MR) is 90.4 cm³/mol. The molecule has 0 unspecified atom stereocenters. The van der Waals surface area contributed by atoms with Crippen LogP contribution < -0.4 is 9.46 Å². The molecular formula is C17H11F3N2O4S. The Morgan fingerprint density at radius 2 is 1.81 bits per heavy atom. The van der Waals surface area contributed by atoms with Crippen molar-refractivity contribution in [1.82, 2.24) is 9.71 Å². The van der Waals surface area contributed by atoms with E-state index in [1.807, 2.05) is 0 Å². The number of hydrogen-bond acceptors (Lipinski definition) is 5. The highest BCUT2D eigenvalue weighted by Gasteiger charge is 2.20. The van der Waals surface area contributed by atoms with Crippen LogP contribution in [0.15, 0.2) is 42.6 Å². The van der Waals surface area contributed by atoms with Crippen molar-refractivity contribution >= 4 is 26.8 Å². The first-order valence-electron chi connectivity index (χ1n) is 7.37. The first kappa shape index (κ1) is 18.6. The molecule has 2 aromatic carbocycles. The van der Waals surface area contributed by atoms with E-state index >= 15 is 0 Å². The van der Waals surface area contributed by atoms with Crippen LogP contribution in [0.25, 0.3) is 10.9 Å². The van der Waals surface area contributed by atoms with Crippen molar-refractivity contribution in [3.05, 3.63) is 65.6 Å². The number of carbonyl (C=O) groups excluding carboxylic acids is 1. The maximum atomic E-state index is 14.3. The van der Waals surface area contributed by atoms with Crippen LogP contribution in [0.4, 0.5) is 13.2 Å². The summed E-state index contributed by atoms with van der Waals surface area (Å²) in [5.74, 6) is -5.16. The fraction of sp³-hybridized carbons (Fsp3) is 0.0588. The lowest BCUT2D eigenvalue weighted by Gasteiger charge is -2.11. The number of nitrogens with zero attached hydrogens (tertiary/aromatic N) is 1. The van der Waals surface area contributed by atoms with Crippen LogP contribution in [-0.4, -0.2) is 25.6 Å². The zero-order chi connectivity index (χ0) is 19.8. The molecule has 1 N–H and O–H groups in total. The SMILES string of the molecule is CS(=O)(=O)NC(=O)c1cc(F)c(Oc2cc(F)cc3cccnc23)cc1F. The highest BCUT2D eigenvalue weighted by atomic mass is 32.2. The number of fused-ring (bicyclic) bond motifs is 1. The van der Waals surface area contributed by atoms with Gasteiger partial charge in [-0.2, -0.15) is 0 Å². The molecule has 10 heteroatoms. The van der Waals surface area contributed by atoms with Crippen LogP contribution in [-0.2, 0) is 10.0 Å². The maximum absolute atomic E-state index is 14.3. The molecule has 0 aliphatic rings. The molecule has 1 amide bonds. The minimum atomic E-state index is -3.96. The quantitative estimate of drug-likeness (QED) is 0.732. The number of nitrogens with one attached hydrogen (secondary N) is 1. The van der Waals surface area contributed by atoms with Gasteiger partial charge in [0.1, 0.15) is 17.2 Å². The topological polar surface area (TPSA) is 85.4 Å². The highest BCUT2D eigenvalue weighted by molar-refractivity contribution is 7.89. The number of sulfonamides is 1. The van der Waals surface area contributed by atoms with Gasteiger partial charge in [-0.3, -0.25) is 9.78 Å². The van der Waals surface area contributed by atoms with Crippen molar-refractivity contribution in [3.63, 3.8) is 0 Å². The van der Waals surface area contributed by atoms with Crippen molar-refractivity contribution in [2.75, 3.05) is 6.26 Å². The summed E-state index contributed by atoms with van der Waals surface area (Å²) in [7, 11) is -3.96. The van der Waals surface area contributed by atoms with Crippen LogP contribution in [0.5, 0.6) is 11.5 Å². The summed E-state index contributed by atoms with van der Waals surface area (Å²) >= 11 is 0. The van der Waals surface area contributed by atoms with Gasteiger partial charge < -0.3 is 4.74 Å². The van der Waals surface area contributed by atoms with Crippen molar-refractivity contribution in [2.45, 2.75) is 0 Å². The summed E-state index contributed by atoms with van der Waals surface area (Å²) in [6.45, 7) is 0. The minimum absolute atomic E-state index is 0.155. The van der Waals surface area contributed by atoms with E-state index in [1.54, 1.807) is 12.1 Å². The Balaban J connectivity index is 2.00. The van der Waals surface area contributed by atoms with Crippen LogP contribution in [0.2, 0.25) is 0 Å². The Hall–Kier alpha value is -3.14. The van der Waals surface area contributed by atoms with Crippen molar-refractivity contribution < 1.29 is 31.1 Å². The van der Waals surface area contributed by atoms with Crippen LogP contribution >= 0.6 is 0 Å². The number of ether oxygens (including phenoxy) is 1. The second kappa shape index (κ2) is 6.88. The average Bonchev–Trinajstić information content (AvgIpc) is 2.56. The van der Waals surface area contributed by atoms with E-state index in [9.17, 15) is 26.4 Å². The Morgan fingerprint density at radius 3 is 2.52 bits per heavy atom. The molecule has 3 aromatic rings. The van der Waals surface area contributed by atoms with Gasteiger partial charge >= 0.3 is 0 Å². The first-order chi connectivity index (χ1) is 12.6. The van der Waals surface area contributed by atoms with Gasteiger partial charge in [-0.25, -0.2) is 26.3 Å². The number of rotatable bonds is 4. The number of carbonyl (C=O) groups is 1. The van der Waals surface area contributed by atoms with Gasteiger partial charge in [0, 0.05) is 23.7 Å². The number of hydrogen-bond donors (Lipinski definition) is 1. The summed E-state index contributed by atoms with van der Waals surface area (Å²) in [4.78, 5) is 15.7. The van der Waals surface area contributed by atoms with Gasteiger partial charge in [0.25, 0.3) is 5.91 Å². The Labute approximate surface area is 151 Å². The largest absolute Gasteiger partial charge is 0.452 e. The fourth-order valence-corrected chi connectivity index (χ4v) is 2.77.